The van der Waals surface area contributed by atoms with E-state index in [-0.39, 0.29) is 5.78 Å². The van der Waals surface area contributed by atoms with Gasteiger partial charge in [0.05, 0.1) is 12.7 Å². The van der Waals surface area contributed by atoms with Crippen molar-refractivity contribution in [1.82, 2.24) is 20.3 Å². The summed E-state index contributed by atoms with van der Waals surface area (Å²) in [6.45, 7) is 3.84. The highest BCUT2D eigenvalue weighted by atomic mass is 16.1. The number of aryl methyl sites for hydroxylation is 1. The van der Waals surface area contributed by atoms with Gasteiger partial charge < -0.3 is 5.32 Å². The van der Waals surface area contributed by atoms with Crippen molar-refractivity contribution in [1.29, 1.82) is 0 Å². The average Bonchev–Trinajstić information content (AvgIpc) is 2.86. The van der Waals surface area contributed by atoms with E-state index < -0.39 is 0 Å². The molecule has 0 fully saturated rings. The fourth-order valence-corrected chi connectivity index (χ4v) is 1.61. The third-order valence-corrected chi connectivity index (χ3v) is 2.51. The molecule has 0 aliphatic rings. The Labute approximate surface area is 108 Å². The van der Waals surface area contributed by atoms with E-state index in [1.54, 1.807) is 13.1 Å². The van der Waals surface area contributed by atoms with E-state index in [1.165, 1.54) is 6.42 Å². The van der Waals surface area contributed by atoms with Gasteiger partial charge >= 0.3 is 0 Å². The number of nitrogens with one attached hydrogen (secondary N) is 1. The number of aromatic nitrogens is 3. The van der Waals surface area contributed by atoms with Crippen LogP contribution in [0.2, 0.25) is 0 Å². The summed E-state index contributed by atoms with van der Waals surface area (Å²) in [5, 5.41) is 10.8. The molecule has 1 aromatic rings. The van der Waals surface area contributed by atoms with Crippen molar-refractivity contribution >= 4 is 5.78 Å². The SMILES string of the molecule is CC#CC(=O)CNCCCCCCn1ccnn1. The van der Waals surface area contributed by atoms with E-state index >= 15 is 0 Å². The van der Waals surface area contributed by atoms with Crippen molar-refractivity contribution in [3.8, 4) is 11.8 Å². The van der Waals surface area contributed by atoms with E-state index in [0.29, 0.717) is 6.54 Å². The predicted molar refractivity (Wildman–Crippen MR) is 69.8 cm³/mol. The second-order valence-electron chi connectivity index (χ2n) is 4.06. The molecule has 0 aliphatic carbocycles. The van der Waals surface area contributed by atoms with Crippen LogP contribution >= 0.6 is 0 Å². The molecule has 5 heteroatoms. The van der Waals surface area contributed by atoms with Gasteiger partial charge in [-0.15, -0.1) is 5.10 Å². The smallest absolute Gasteiger partial charge is 0.219 e. The van der Waals surface area contributed by atoms with Crippen molar-refractivity contribution in [2.75, 3.05) is 13.1 Å². The highest BCUT2D eigenvalue weighted by Crippen LogP contribution is 2.00. The molecule has 0 amide bonds. The molecule has 0 aromatic carbocycles. The molecular formula is C13H20N4O. The lowest BCUT2D eigenvalue weighted by atomic mass is 10.2. The van der Waals surface area contributed by atoms with E-state index in [9.17, 15) is 4.79 Å². The third-order valence-electron chi connectivity index (χ3n) is 2.51. The highest BCUT2D eigenvalue weighted by Gasteiger charge is 1.96. The van der Waals surface area contributed by atoms with Crippen LogP contribution in [0.3, 0.4) is 0 Å². The highest BCUT2D eigenvalue weighted by molar-refractivity contribution is 5.96. The van der Waals surface area contributed by atoms with E-state index in [0.717, 1.165) is 32.4 Å². The number of carbonyl (C=O) groups is 1. The number of ketones is 1. The lowest BCUT2D eigenvalue weighted by Crippen LogP contribution is -2.22. The van der Waals surface area contributed by atoms with Gasteiger partial charge in [0.1, 0.15) is 0 Å². The van der Waals surface area contributed by atoms with Crippen LogP contribution in [0, 0.1) is 11.8 Å². The molecule has 0 saturated carbocycles. The van der Waals surface area contributed by atoms with Gasteiger partial charge in [0, 0.05) is 12.7 Å². The summed E-state index contributed by atoms with van der Waals surface area (Å²) in [4.78, 5) is 11.1. The zero-order chi connectivity index (χ0) is 13.1. The molecule has 1 N–H and O–H groups in total. The predicted octanol–water partition coefficient (Wildman–Crippen LogP) is 1.02. The number of hydrogen-bond donors (Lipinski definition) is 1. The first kappa shape index (κ1) is 14.4. The second kappa shape index (κ2) is 9.37. The third kappa shape index (κ3) is 6.81. The Balaban J connectivity index is 1.86. The largest absolute Gasteiger partial charge is 0.309 e. The molecule has 0 atom stereocenters. The minimum absolute atomic E-state index is 0.0383. The molecular weight excluding hydrogens is 228 g/mol. The quantitative estimate of drug-likeness (QED) is 0.403. The van der Waals surface area contributed by atoms with Gasteiger partial charge in [0.2, 0.25) is 5.78 Å². The molecule has 0 radical (unpaired) electrons. The van der Waals surface area contributed by atoms with E-state index in [1.807, 2.05) is 10.9 Å². The van der Waals surface area contributed by atoms with Crippen LogP contribution in [0.4, 0.5) is 0 Å². The summed E-state index contributed by atoms with van der Waals surface area (Å²) in [7, 11) is 0. The van der Waals surface area contributed by atoms with Gasteiger partial charge in [-0.3, -0.25) is 9.48 Å². The van der Waals surface area contributed by atoms with Crippen LogP contribution in [-0.2, 0) is 11.3 Å². The normalized spacial score (nSPS) is 9.83. The van der Waals surface area contributed by atoms with Gasteiger partial charge in [-0.25, -0.2) is 0 Å². The summed E-state index contributed by atoms with van der Waals surface area (Å²) in [6.07, 6.45) is 8.11. The van der Waals surface area contributed by atoms with Gasteiger partial charge in [-0.1, -0.05) is 24.0 Å². The van der Waals surface area contributed by atoms with Crippen LogP contribution in [0.15, 0.2) is 12.4 Å². The van der Waals surface area contributed by atoms with Crippen molar-refractivity contribution in [2.45, 2.75) is 39.2 Å². The van der Waals surface area contributed by atoms with Crippen LogP contribution in [0.25, 0.3) is 0 Å². The van der Waals surface area contributed by atoms with Crippen LogP contribution in [-0.4, -0.2) is 33.9 Å². The maximum absolute atomic E-state index is 11.1. The number of hydrogen-bond acceptors (Lipinski definition) is 4. The minimum atomic E-state index is -0.0383. The topological polar surface area (TPSA) is 59.8 Å². The van der Waals surface area contributed by atoms with Gasteiger partial charge in [0.15, 0.2) is 0 Å². The van der Waals surface area contributed by atoms with Crippen molar-refractivity contribution in [3.63, 3.8) is 0 Å². The number of Topliss-reactive ketones (excluding diaryl/α,β-unsaturated/α-hetero) is 1. The summed E-state index contributed by atoms with van der Waals surface area (Å²) in [5.41, 5.74) is 0. The summed E-state index contributed by atoms with van der Waals surface area (Å²) in [5.74, 6) is 5.06. The fraction of sp³-hybridized carbons (Fsp3) is 0.615. The van der Waals surface area contributed by atoms with Crippen molar-refractivity contribution < 1.29 is 4.79 Å². The first-order chi connectivity index (χ1) is 8.83. The minimum Gasteiger partial charge on any atom is -0.309 e. The van der Waals surface area contributed by atoms with E-state index in [2.05, 4.69) is 27.5 Å². The zero-order valence-corrected chi connectivity index (χ0v) is 10.9. The Morgan fingerprint density at radius 3 is 2.89 bits per heavy atom. The maximum Gasteiger partial charge on any atom is 0.219 e. The Kier molecular flexibility index (Phi) is 7.49. The molecule has 18 heavy (non-hydrogen) atoms. The second-order valence-corrected chi connectivity index (χ2v) is 4.06. The van der Waals surface area contributed by atoms with Crippen molar-refractivity contribution in [3.05, 3.63) is 12.4 Å². The molecule has 1 heterocycles. The Hall–Kier alpha value is -1.67. The van der Waals surface area contributed by atoms with Gasteiger partial charge in [-0.05, 0) is 32.2 Å². The molecule has 98 valence electrons. The van der Waals surface area contributed by atoms with Crippen LogP contribution in [0.1, 0.15) is 32.6 Å². The first-order valence-electron chi connectivity index (χ1n) is 6.33. The average molecular weight is 248 g/mol. The summed E-state index contributed by atoms with van der Waals surface area (Å²) >= 11 is 0. The Morgan fingerprint density at radius 1 is 1.33 bits per heavy atom. The molecule has 0 aliphatic heterocycles. The fourth-order valence-electron chi connectivity index (χ4n) is 1.61. The first-order valence-corrected chi connectivity index (χ1v) is 6.33. The Morgan fingerprint density at radius 2 is 2.17 bits per heavy atom. The lowest BCUT2D eigenvalue weighted by Gasteiger charge is -2.02. The number of unbranched alkanes of at least 4 members (excludes halogenated alkanes) is 3. The van der Waals surface area contributed by atoms with Gasteiger partial charge in [0.25, 0.3) is 0 Å². The summed E-state index contributed by atoms with van der Waals surface area (Å²) < 4.78 is 1.85. The lowest BCUT2D eigenvalue weighted by molar-refractivity contribution is -0.113. The monoisotopic (exact) mass is 248 g/mol. The Bertz CT molecular complexity index is 389. The maximum atomic E-state index is 11.1. The standard InChI is InChI=1S/C13H20N4O/c1-2-7-13(18)12-14-8-5-3-4-6-10-17-11-9-15-16-17/h9,11,14H,3-6,8,10,12H2,1H3. The molecule has 0 unspecified atom stereocenters. The molecule has 5 nitrogen and oxygen atoms in total. The molecule has 1 aromatic heterocycles. The number of carbonyl (C=O) groups excluding carboxylic acids is 1. The molecule has 0 bridgehead atoms. The van der Waals surface area contributed by atoms with Crippen LogP contribution < -0.4 is 5.32 Å². The number of rotatable bonds is 9. The van der Waals surface area contributed by atoms with Gasteiger partial charge in [-0.2, -0.15) is 0 Å². The summed E-state index contributed by atoms with van der Waals surface area (Å²) in [6, 6.07) is 0. The molecule has 0 spiro atoms. The van der Waals surface area contributed by atoms with E-state index in [4.69, 9.17) is 0 Å². The number of nitrogens with zero attached hydrogens (tertiary/aromatic N) is 3. The van der Waals surface area contributed by atoms with Crippen LogP contribution in [0.5, 0.6) is 0 Å². The zero-order valence-electron chi connectivity index (χ0n) is 10.9. The molecule has 1 rings (SSSR count). The molecule has 0 saturated heterocycles. The van der Waals surface area contributed by atoms with Crippen molar-refractivity contribution in [2.24, 2.45) is 0 Å².